The van der Waals surface area contributed by atoms with Crippen molar-refractivity contribution >= 4 is 11.6 Å². The number of aryl methyl sites for hydroxylation is 1. The molecule has 2 aliphatic heterocycles. The van der Waals surface area contributed by atoms with Crippen LogP contribution in [0.2, 0.25) is 0 Å². The highest BCUT2D eigenvalue weighted by atomic mass is 19.1. The quantitative estimate of drug-likeness (QED) is 0.532. The minimum Gasteiger partial charge on any atom is -0.322 e. The van der Waals surface area contributed by atoms with Crippen LogP contribution < -0.4 is 4.90 Å². The van der Waals surface area contributed by atoms with Crippen LogP contribution in [-0.2, 0) is 6.54 Å². The standard InChI is InChI=1S/C27H28FN2O/c1-19-8-13-25-23(16-19)24-18-30(2,17-20-6-4-3-5-7-20)15-14-26(24)29(25)27(31)21-9-11-22(28)12-10-21/h3-13,16,24,26H,14-15,17-18H2,1-2H3/q+1/t24-,26+,30-/m0/s1. The van der Waals surface area contributed by atoms with Crippen LogP contribution in [0.1, 0.15) is 39.4 Å². The van der Waals surface area contributed by atoms with E-state index in [9.17, 15) is 9.18 Å². The SMILES string of the molecule is Cc1ccc2c(c1)[C@@H]1C[N@+](C)(Cc3ccccc3)CC[C@H]1N2C(=O)c1ccc(F)cc1. The molecule has 3 aromatic rings. The van der Waals surface area contributed by atoms with Crippen molar-refractivity contribution in [3.63, 3.8) is 0 Å². The topological polar surface area (TPSA) is 20.3 Å². The van der Waals surface area contributed by atoms with E-state index in [2.05, 4.69) is 62.5 Å². The Morgan fingerprint density at radius 3 is 2.55 bits per heavy atom. The molecule has 0 aliphatic carbocycles. The summed E-state index contributed by atoms with van der Waals surface area (Å²) in [6.07, 6.45) is 0.953. The summed E-state index contributed by atoms with van der Waals surface area (Å²) < 4.78 is 14.4. The van der Waals surface area contributed by atoms with Crippen LogP contribution in [0.25, 0.3) is 0 Å². The molecule has 0 unspecified atom stereocenters. The van der Waals surface area contributed by atoms with E-state index in [1.165, 1.54) is 28.8 Å². The first kappa shape index (κ1) is 20.0. The van der Waals surface area contributed by atoms with E-state index in [-0.39, 0.29) is 17.8 Å². The monoisotopic (exact) mass is 415 g/mol. The summed E-state index contributed by atoms with van der Waals surface area (Å²) in [6.45, 7) is 5.14. The van der Waals surface area contributed by atoms with Crippen molar-refractivity contribution in [2.75, 3.05) is 25.0 Å². The number of fused-ring (bicyclic) bond motifs is 3. The van der Waals surface area contributed by atoms with Gasteiger partial charge in [0.2, 0.25) is 0 Å². The first-order chi connectivity index (χ1) is 14.9. The van der Waals surface area contributed by atoms with Crippen molar-refractivity contribution in [1.29, 1.82) is 0 Å². The van der Waals surface area contributed by atoms with Gasteiger partial charge < -0.3 is 9.38 Å². The van der Waals surface area contributed by atoms with Gasteiger partial charge in [0, 0.05) is 23.2 Å². The summed E-state index contributed by atoms with van der Waals surface area (Å²) in [5.74, 6) is -0.0444. The molecule has 1 saturated heterocycles. The normalized spacial score (nSPS) is 24.5. The number of carbonyl (C=O) groups is 1. The molecule has 158 valence electrons. The largest absolute Gasteiger partial charge is 0.322 e. The van der Waals surface area contributed by atoms with E-state index in [4.69, 9.17) is 0 Å². The Bertz CT molecular complexity index is 1110. The molecular formula is C27H28FN2O+. The van der Waals surface area contributed by atoms with Crippen LogP contribution in [0.3, 0.4) is 0 Å². The molecular weight excluding hydrogens is 387 g/mol. The van der Waals surface area contributed by atoms with E-state index < -0.39 is 0 Å². The van der Waals surface area contributed by atoms with Crippen LogP contribution in [-0.4, -0.2) is 36.6 Å². The zero-order valence-corrected chi connectivity index (χ0v) is 18.1. The highest BCUT2D eigenvalue weighted by Crippen LogP contribution is 2.47. The lowest BCUT2D eigenvalue weighted by atomic mass is 9.87. The summed E-state index contributed by atoms with van der Waals surface area (Å²) >= 11 is 0. The molecule has 3 atom stereocenters. The second-order valence-corrected chi connectivity index (χ2v) is 9.38. The van der Waals surface area contributed by atoms with Crippen LogP contribution >= 0.6 is 0 Å². The Morgan fingerprint density at radius 1 is 1.06 bits per heavy atom. The number of likely N-dealkylation sites (N-methyl/N-ethyl adjacent to an activating group) is 1. The number of hydrogen-bond acceptors (Lipinski definition) is 1. The second kappa shape index (κ2) is 7.61. The molecule has 5 rings (SSSR count). The van der Waals surface area contributed by atoms with Crippen molar-refractivity contribution in [3.8, 4) is 0 Å². The molecule has 4 heteroatoms. The average molecular weight is 416 g/mol. The van der Waals surface area contributed by atoms with Gasteiger partial charge in [0.25, 0.3) is 5.91 Å². The molecule has 1 fully saturated rings. The fourth-order valence-electron chi connectivity index (χ4n) is 5.48. The summed E-state index contributed by atoms with van der Waals surface area (Å²) in [7, 11) is 2.34. The highest BCUT2D eigenvalue weighted by Gasteiger charge is 2.49. The second-order valence-electron chi connectivity index (χ2n) is 9.38. The van der Waals surface area contributed by atoms with E-state index in [0.717, 1.165) is 36.2 Å². The summed E-state index contributed by atoms with van der Waals surface area (Å²) in [5.41, 5.74) is 5.41. The Labute approximate surface area is 183 Å². The molecule has 1 amide bonds. The van der Waals surface area contributed by atoms with Gasteiger partial charge in [-0.2, -0.15) is 0 Å². The molecule has 3 nitrogen and oxygen atoms in total. The van der Waals surface area contributed by atoms with Gasteiger partial charge in [-0.05, 0) is 42.8 Å². The molecule has 0 N–H and O–H groups in total. The number of rotatable bonds is 3. The molecule has 0 radical (unpaired) electrons. The van der Waals surface area contributed by atoms with E-state index >= 15 is 0 Å². The molecule has 0 bridgehead atoms. The predicted molar refractivity (Wildman–Crippen MR) is 122 cm³/mol. The average Bonchev–Trinajstić information content (AvgIpc) is 3.06. The third-order valence-corrected chi connectivity index (χ3v) is 6.96. The highest BCUT2D eigenvalue weighted by molar-refractivity contribution is 6.08. The van der Waals surface area contributed by atoms with Crippen molar-refractivity contribution in [3.05, 3.63) is 101 Å². The predicted octanol–water partition coefficient (Wildman–Crippen LogP) is 5.30. The molecule has 2 aliphatic rings. The van der Waals surface area contributed by atoms with Gasteiger partial charge in [-0.25, -0.2) is 4.39 Å². The molecule has 3 aromatic carbocycles. The first-order valence-electron chi connectivity index (χ1n) is 11.0. The Hall–Kier alpha value is -2.98. The number of anilines is 1. The Morgan fingerprint density at radius 2 is 1.81 bits per heavy atom. The molecule has 0 aromatic heterocycles. The van der Waals surface area contributed by atoms with Gasteiger partial charge in [0.05, 0.1) is 32.1 Å². The van der Waals surface area contributed by atoms with Crippen LogP contribution in [0.15, 0.2) is 72.8 Å². The molecule has 31 heavy (non-hydrogen) atoms. The smallest absolute Gasteiger partial charge is 0.258 e. The number of nitrogens with zero attached hydrogens (tertiary/aromatic N) is 2. The lowest BCUT2D eigenvalue weighted by Gasteiger charge is -2.44. The number of carbonyl (C=O) groups excluding carboxylic acids is 1. The van der Waals surface area contributed by atoms with Gasteiger partial charge in [-0.15, -0.1) is 0 Å². The van der Waals surface area contributed by atoms with Gasteiger partial charge in [-0.1, -0.05) is 48.0 Å². The summed E-state index contributed by atoms with van der Waals surface area (Å²) in [4.78, 5) is 15.5. The maximum Gasteiger partial charge on any atom is 0.258 e. The van der Waals surface area contributed by atoms with E-state index in [1.54, 1.807) is 12.1 Å². The molecule has 0 spiro atoms. The third-order valence-electron chi connectivity index (χ3n) is 6.96. The van der Waals surface area contributed by atoms with Crippen molar-refractivity contribution in [1.82, 2.24) is 0 Å². The number of benzene rings is 3. The van der Waals surface area contributed by atoms with Crippen molar-refractivity contribution in [2.24, 2.45) is 0 Å². The maximum absolute atomic E-state index is 13.5. The van der Waals surface area contributed by atoms with Crippen LogP contribution in [0.5, 0.6) is 0 Å². The van der Waals surface area contributed by atoms with Gasteiger partial charge in [0.1, 0.15) is 12.4 Å². The first-order valence-corrected chi connectivity index (χ1v) is 11.0. The minimum absolute atomic E-state index is 0.0308. The van der Waals surface area contributed by atoms with Crippen molar-refractivity contribution < 1.29 is 13.7 Å². The minimum atomic E-state index is -0.321. The zero-order valence-electron chi connectivity index (χ0n) is 18.1. The number of amides is 1. The lowest BCUT2D eigenvalue weighted by Crippen LogP contribution is -2.56. The number of hydrogen-bond donors (Lipinski definition) is 0. The van der Waals surface area contributed by atoms with Crippen molar-refractivity contribution in [2.45, 2.75) is 31.8 Å². The van der Waals surface area contributed by atoms with Gasteiger partial charge in [-0.3, -0.25) is 4.79 Å². The summed E-state index contributed by atoms with van der Waals surface area (Å²) in [6, 6.07) is 23.2. The fraction of sp³-hybridized carbons (Fsp3) is 0.296. The number of halogens is 1. The summed E-state index contributed by atoms with van der Waals surface area (Å²) in [5, 5.41) is 0. The third kappa shape index (κ3) is 3.66. The Balaban J connectivity index is 1.49. The van der Waals surface area contributed by atoms with E-state index in [0.29, 0.717) is 11.5 Å². The van der Waals surface area contributed by atoms with Crippen LogP contribution in [0, 0.1) is 12.7 Å². The fourth-order valence-corrected chi connectivity index (χ4v) is 5.48. The number of piperidine rings is 1. The Kier molecular flexibility index (Phi) is 4.90. The lowest BCUT2D eigenvalue weighted by molar-refractivity contribution is -0.928. The van der Waals surface area contributed by atoms with E-state index in [1.807, 2.05) is 4.90 Å². The zero-order chi connectivity index (χ0) is 21.6. The van der Waals surface area contributed by atoms with Gasteiger partial charge >= 0.3 is 0 Å². The molecule has 2 heterocycles. The molecule has 0 saturated carbocycles. The van der Waals surface area contributed by atoms with Crippen LogP contribution in [0.4, 0.5) is 10.1 Å². The number of likely N-dealkylation sites (tertiary alicyclic amines) is 1. The number of quaternary nitrogens is 1. The van der Waals surface area contributed by atoms with Gasteiger partial charge in [0.15, 0.2) is 0 Å². The maximum atomic E-state index is 13.5.